The summed E-state index contributed by atoms with van der Waals surface area (Å²) in [6.45, 7) is 6.62. The number of carbonyl (C=O) groups is 1. The van der Waals surface area contributed by atoms with Gasteiger partial charge >= 0.3 is 0 Å². The quantitative estimate of drug-likeness (QED) is 0.547. The van der Waals surface area contributed by atoms with Gasteiger partial charge in [-0.25, -0.2) is 0 Å². The molecule has 0 amide bonds. The summed E-state index contributed by atoms with van der Waals surface area (Å²) in [4.78, 5) is 12.7. The zero-order valence-electron chi connectivity index (χ0n) is 16.2. The Morgan fingerprint density at radius 3 is 2.68 bits per heavy atom. The second-order valence-corrected chi connectivity index (χ2v) is 6.37. The Morgan fingerprint density at radius 2 is 2.00 bits per heavy atom. The molecule has 144 valence electrons. The second kappa shape index (κ2) is 8.49. The molecule has 0 N–H and O–H groups in total. The molecule has 0 aliphatic rings. The van der Waals surface area contributed by atoms with Crippen molar-refractivity contribution in [2.75, 3.05) is 13.2 Å². The third kappa shape index (κ3) is 4.09. The molecule has 1 aromatic carbocycles. The first-order valence-electron chi connectivity index (χ1n) is 9.05. The summed E-state index contributed by atoms with van der Waals surface area (Å²) in [6.07, 6.45) is 1.64. The molecule has 0 radical (unpaired) electrons. The predicted molar refractivity (Wildman–Crippen MR) is 104 cm³/mol. The van der Waals surface area contributed by atoms with Gasteiger partial charge in [-0.3, -0.25) is 4.79 Å². The fraction of sp³-hybridized carbons (Fsp3) is 0.273. The van der Waals surface area contributed by atoms with Crippen molar-refractivity contribution in [2.24, 2.45) is 0 Å². The van der Waals surface area contributed by atoms with Gasteiger partial charge in [-0.1, -0.05) is 0 Å². The Labute approximate surface area is 163 Å². The highest BCUT2D eigenvalue weighted by Crippen LogP contribution is 2.28. The van der Waals surface area contributed by atoms with Crippen molar-refractivity contribution in [3.8, 4) is 17.6 Å². The zero-order chi connectivity index (χ0) is 20.1. The van der Waals surface area contributed by atoms with E-state index < -0.39 is 0 Å². The fourth-order valence-electron chi connectivity index (χ4n) is 3.07. The van der Waals surface area contributed by atoms with Crippen molar-refractivity contribution in [2.45, 2.75) is 27.3 Å². The first-order chi connectivity index (χ1) is 13.5. The van der Waals surface area contributed by atoms with E-state index in [-0.39, 0.29) is 12.4 Å². The molecule has 0 fully saturated rings. The maximum absolute atomic E-state index is 12.7. The summed E-state index contributed by atoms with van der Waals surface area (Å²) in [5.41, 5.74) is 2.94. The molecule has 28 heavy (non-hydrogen) atoms. The third-order valence-corrected chi connectivity index (χ3v) is 4.50. The van der Waals surface area contributed by atoms with Crippen LogP contribution in [0.2, 0.25) is 0 Å². The standard InChI is InChI=1S/C22H22N2O4/c1-4-26-22-11-17(12-23)7-8-21(22)28-14-20(25)19-10-15(2)24(16(19)3)13-18-6-5-9-27-18/h5-11H,4,13-14H2,1-3H3. The molecule has 0 spiro atoms. The fourth-order valence-corrected chi connectivity index (χ4v) is 3.07. The third-order valence-electron chi connectivity index (χ3n) is 4.50. The van der Waals surface area contributed by atoms with E-state index in [0.29, 0.717) is 35.8 Å². The van der Waals surface area contributed by atoms with Crippen molar-refractivity contribution >= 4 is 5.78 Å². The maximum atomic E-state index is 12.7. The van der Waals surface area contributed by atoms with E-state index in [1.54, 1.807) is 24.5 Å². The highest BCUT2D eigenvalue weighted by atomic mass is 16.5. The number of nitrogens with zero attached hydrogens (tertiary/aromatic N) is 2. The lowest BCUT2D eigenvalue weighted by atomic mass is 10.1. The number of ether oxygens (including phenoxy) is 2. The number of aryl methyl sites for hydroxylation is 1. The predicted octanol–water partition coefficient (Wildman–Crippen LogP) is 4.28. The number of aromatic nitrogens is 1. The van der Waals surface area contributed by atoms with Crippen LogP contribution in [0.3, 0.4) is 0 Å². The number of hydrogen-bond donors (Lipinski definition) is 0. The van der Waals surface area contributed by atoms with E-state index in [0.717, 1.165) is 17.1 Å². The summed E-state index contributed by atoms with van der Waals surface area (Å²) in [5.74, 6) is 1.61. The van der Waals surface area contributed by atoms with Crippen molar-refractivity contribution in [1.82, 2.24) is 4.57 Å². The van der Waals surface area contributed by atoms with Crippen LogP contribution in [-0.4, -0.2) is 23.6 Å². The number of nitriles is 1. The Balaban J connectivity index is 1.75. The molecular weight excluding hydrogens is 356 g/mol. The van der Waals surface area contributed by atoms with Crippen molar-refractivity contribution in [3.05, 3.63) is 70.9 Å². The number of rotatable bonds is 8. The minimum atomic E-state index is -0.120. The van der Waals surface area contributed by atoms with Crippen LogP contribution in [0.15, 0.2) is 47.1 Å². The molecule has 6 heteroatoms. The summed E-state index contributed by atoms with van der Waals surface area (Å²) in [5, 5.41) is 9.03. The normalized spacial score (nSPS) is 10.5. The molecule has 0 atom stereocenters. The van der Waals surface area contributed by atoms with E-state index in [1.165, 1.54) is 0 Å². The van der Waals surface area contributed by atoms with Gasteiger partial charge in [0.25, 0.3) is 0 Å². The molecule has 2 heterocycles. The van der Waals surface area contributed by atoms with Crippen molar-refractivity contribution in [1.29, 1.82) is 5.26 Å². The van der Waals surface area contributed by atoms with Crippen LogP contribution in [-0.2, 0) is 6.54 Å². The van der Waals surface area contributed by atoms with Gasteiger partial charge in [0, 0.05) is 23.0 Å². The largest absolute Gasteiger partial charge is 0.490 e. The van der Waals surface area contributed by atoms with E-state index in [4.69, 9.17) is 19.2 Å². The molecule has 3 rings (SSSR count). The topological polar surface area (TPSA) is 77.4 Å². The Bertz CT molecular complexity index is 1010. The number of ketones is 1. The van der Waals surface area contributed by atoms with Gasteiger partial charge in [-0.2, -0.15) is 5.26 Å². The highest BCUT2D eigenvalue weighted by Gasteiger charge is 2.18. The molecule has 2 aromatic heterocycles. The Morgan fingerprint density at radius 1 is 1.18 bits per heavy atom. The molecule has 6 nitrogen and oxygen atoms in total. The molecular formula is C22H22N2O4. The van der Waals surface area contributed by atoms with Crippen LogP contribution in [0, 0.1) is 25.2 Å². The Hall–Kier alpha value is -3.46. The molecule has 0 saturated heterocycles. The molecule has 0 bridgehead atoms. The van der Waals surface area contributed by atoms with Crippen molar-refractivity contribution in [3.63, 3.8) is 0 Å². The van der Waals surface area contributed by atoms with E-state index >= 15 is 0 Å². The Kier molecular flexibility index (Phi) is 5.85. The van der Waals surface area contributed by atoms with Gasteiger partial charge in [-0.15, -0.1) is 0 Å². The SMILES string of the molecule is CCOc1cc(C#N)ccc1OCC(=O)c1cc(C)n(Cc2ccco2)c1C. The lowest BCUT2D eigenvalue weighted by molar-refractivity contribution is 0.0918. The smallest absolute Gasteiger partial charge is 0.202 e. The summed E-state index contributed by atoms with van der Waals surface area (Å²) < 4.78 is 18.7. The van der Waals surface area contributed by atoms with Crippen LogP contribution < -0.4 is 9.47 Å². The number of Topliss-reactive ketones (excluding diaryl/α,β-unsaturated/α-hetero) is 1. The summed E-state index contributed by atoms with van der Waals surface area (Å²) in [6, 6.07) is 12.6. The van der Waals surface area contributed by atoms with Crippen LogP contribution in [0.1, 0.15) is 40.0 Å². The minimum absolute atomic E-state index is 0.114. The minimum Gasteiger partial charge on any atom is -0.490 e. The lowest BCUT2D eigenvalue weighted by Gasteiger charge is -2.12. The average Bonchev–Trinajstić information content (AvgIpc) is 3.30. The highest BCUT2D eigenvalue weighted by molar-refractivity contribution is 5.98. The van der Waals surface area contributed by atoms with Crippen LogP contribution >= 0.6 is 0 Å². The zero-order valence-corrected chi connectivity index (χ0v) is 16.2. The van der Waals surface area contributed by atoms with E-state index in [1.807, 2.05) is 43.5 Å². The van der Waals surface area contributed by atoms with Gasteiger partial charge in [0.05, 0.1) is 31.0 Å². The summed E-state index contributed by atoms with van der Waals surface area (Å²) in [7, 11) is 0. The number of furan rings is 1. The van der Waals surface area contributed by atoms with Crippen LogP contribution in [0.4, 0.5) is 0 Å². The number of benzene rings is 1. The van der Waals surface area contributed by atoms with Crippen LogP contribution in [0.5, 0.6) is 11.5 Å². The van der Waals surface area contributed by atoms with E-state index in [2.05, 4.69) is 6.07 Å². The average molecular weight is 378 g/mol. The molecule has 0 aliphatic heterocycles. The first-order valence-corrected chi connectivity index (χ1v) is 9.05. The second-order valence-electron chi connectivity index (χ2n) is 6.37. The summed E-state index contributed by atoms with van der Waals surface area (Å²) >= 11 is 0. The molecule has 0 unspecified atom stereocenters. The molecule has 0 saturated carbocycles. The molecule has 0 aliphatic carbocycles. The molecule has 3 aromatic rings. The van der Waals surface area contributed by atoms with Crippen molar-refractivity contribution < 1.29 is 18.7 Å². The number of hydrogen-bond acceptors (Lipinski definition) is 5. The van der Waals surface area contributed by atoms with Gasteiger partial charge in [-0.05, 0) is 51.1 Å². The monoisotopic (exact) mass is 378 g/mol. The number of carbonyl (C=O) groups excluding carboxylic acids is 1. The first kappa shape index (κ1) is 19.3. The lowest BCUT2D eigenvalue weighted by Crippen LogP contribution is -2.13. The van der Waals surface area contributed by atoms with Crippen LogP contribution in [0.25, 0.3) is 0 Å². The maximum Gasteiger partial charge on any atom is 0.202 e. The van der Waals surface area contributed by atoms with Gasteiger partial charge in [0.2, 0.25) is 5.78 Å². The van der Waals surface area contributed by atoms with Gasteiger partial charge in [0.1, 0.15) is 5.76 Å². The van der Waals surface area contributed by atoms with E-state index in [9.17, 15) is 4.79 Å². The van der Waals surface area contributed by atoms with Gasteiger partial charge in [0.15, 0.2) is 18.1 Å². The van der Waals surface area contributed by atoms with Gasteiger partial charge < -0.3 is 18.5 Å².